The van der Waals surface area contributed by atoms with Crippen LogP contribution in [0.15, 0.2) is 0 Å². The van der Waals surface area contributed by atoms with Gasteiger partial charge in [0.1, 0.15) is 5.54 Å². The maximum Gasteiger partial charge on any atom is 0.324 e. The second-order valence-corrected chi connectivity index (χ2v) is 3.82. The van der Waals surface area contributed by atoms with E-state index >= 15 is 0 Å². The Hall–Kier alpha value is -0.570. The van der Waals surface area contributed by atoms with Crippen LogP contribution in [-0.2, 0) is 4.79 Å². The number of aliphatic carboxylic acids is 1. The number of rotatable bonds is 1. The monoisotopic (exact) mass is 155 g/mol. The van der Waals surface area contributed by atoms with Crippen LogP contribution in [0.3, 0.4) is 0 Å². The molecule has 0 aromatic heterocycles. The summed E-state index contributed by atoms with van der Waals surface area (Å²) in [7, 11) is 1.92. The van der Waals surface area contributed by atoms with Gasteiger partial charge in [-0.3, -0.25) is 9.69 Å². The quantitative estimate of drug-likeness (QED) is 0.601. The molecule has 3 fully saturated rings. The van der Waals surface area contributed by atoms with Crippen molar-refractivity contribution in [2.75, 3.05) is 13.6 Å². The lowest BCUT2D eigenvalue weighted by molar-refractivity contribution is -0.168. The molecule has 1 N–H and O–H groups in total. The molecule has 3 nitrogen and oxygen atoms in total. The minimum Gasteiger partial charge on any atom is -0.480 e. The highest BCUT2D eigenvalue weighted by molar-refractivity contribution is 5.80. The van der Waals surface area contributed by atoms with Crippen LogP contribution in [-0.4, -0.2) is 35.1 Å². The summed E-state index contributed by atoms with van der Waals surface area (Å²) in [6.07, 6.45) is 2.93. The number of carboxylic acid groups (broad SMARTS) is 1. The first-order valence-corrected chi connectivity index (χ1v) is 4.10. The number of piperidine rings is 2. The largest absolute Gasteiger partial charge is 0.480 e. The highest BCUT2D eigenvalue weighted by Gasteiger charge is 2.55. The fourth-order valence-corrected chi connectivity index (χ4v) is 2.34. The molecule has 2 saturated heterocycles. The Morgan fingerprint density at radius 3 is 2.64 bits per heavy atom. The summed E-state index contributed by atoms with van der Waals surface area (Å²) >= 11 is 0. The van der Waals surface area contributed by atoms with E-state index in [4.69, 9.17) is 5.11 Å². The molecule has 2 heterocycles. The van der Waals surface area contributed by atoms with Gasteiger partial charge in [0.25, 0.3) is 0 Å². The number of carbonyl (C=O) groups is 1. The maximum absolute atomic E-state index is 10.9. The molecule has 2 bridgehead atoms. The Balaban J connectivity index is 2.19. The zero-order chi connectivity index (χ0) is 8.06. The minimum atomic E-state index is -0.629. The van der Waals surface area contributed by atoms with Crippen molar-refractivity contribution in [1.29, 1.82) is 0 Å². The van der Waals surface area contributed by atoms with Crippen molar-refractivity contribution in [2.45, 2.75) is 24.8 Å². The van der Waals surface area contributed by atoms with Gasteiger partial charge in [-0.25, -0.2) is 0 Å². The molecule has 0 spiro atoms. The Bertz CT molecular complexity index is 196. The van der Waals surface area contributed by atoms with E-state index in [1.54, 1.807) is 0 Å². The molecule has 2 aliphatic heterocycles. The molecule has 0 aromatic rings. The molecule has 1 aliphatic carbocycles. The molecule has 0 unspecified atom stereocenters. The van der Waals surface area contributed by atoms with Crippen LogP contribution in [0.2, 0.25) is 0 Å². The third-order valence-electron chi connectivity index (χ3n) is 3.25. The molecule has 3 heteroatoms. The Morgan fingerprint density at radius 1 is 1.64 bits per heavy atom. The lowest BCUT2D eigenvalue weighted by atomic mass is 9.63. The van der Waals surface area contributed by atoms with Crippen LogP contribution in [0.5, 0.6) is 0 Å². The summed E-state index contributed by atoms with van der Waals surface area (Å²) in [5.74, 6) is 0.0678. The zero-order valence-corrected chi connectivity index (χ0v) is 6.71. The topological polar surface area (TPSA) is 40.5 Å². The van der Waals surface area contributed by atoms with Crippen molar-refractivity contribution in [3.8, 4) is 0 Å². The average Bonchev–Trinajstić information content (AvgIpc) is 1.84. The third kappa shape index (κ3) is 0.745. The van der Waals surface area contributed by atoms with E-state index in [1.165, 1.54) is 6.42 Å². The molecular weight excluding hydrogens is 142 g/mol. The highest BCUT2D eigenvalue weighted by Crippen LogP contribution is 2.47. The lowest BCUT2D eigenvalue weighted by Gasteiger charge is -2.55. The fraction of sp³-hybridized carbons (Fsp3) is 0.875. The molecule has 0 aromatic carbocycles. The van der Waals surface area contributed by atoms with Gasteiger partial charge in [-0.1, -0.05) is 0 Å². The minimum absolute atomic E-state index is 0.469. The molecule has 0 amide bonds. The van der Waals surface area contributed by atoms with Crippen LogP contribution in [0, 0.1) is 5.92 Å². The van der Waals surface area contributed by atoms with E-state index in [9.17, 15) is 4.79 Å². The first-order valence-electron chi connectivity index (χ1n) is 4.10. The second-order valence-electron chi connectivity index (χ2n) is 3.82. The fourth-order valence-electron chi connectivity index (χ4n) is 2.34. The van der Waals surface area contributed by atoms with Crippen LogP contribution < -0.4 is 0 Å². The summed E-state index contributed by atoms with van der Waals surface area (Å²) in [5, 5.41) is 8.96. The number of hydrogen-bond donors (Lipinski definition) is 1. The Labute approximate surface area is 66.0 Å². The summed E-state index contributed by atoms with van der Waals surface area (Å²) in [6, 6.07) is 0. The van der Waals surface area contributed by atoms with Crippen LogP contribution in [0.25, 0.3) is 0 Å². The van der Waals surface area contributed by atoms with Crippen molar-refractivity contribution in [2.24, 2.45) is 5.92 Å². The smallest absolute Gasteiger partial charge is 0.324 e. The van der Waals surface area contributed by atoms with E-state index in [0.717, 1.165) is 19.4 Å². The van der Waals surface area contributed by atoms with Crippen molar-refractivity contribution in [3.05, 3.63) is 0 Å². The predicted octanol–water partition coefficient (Wildman–Crippen LogP) is 0.555. The van der Waals surface area contributed by atoms with Gasteiger partial charge in [0.2, 0.25) is 0 Å². The van der Waals surface area contributed by atoms with Crippen molar-refractivity contribution < 1.29 is 9.90 Å². The van der Waals surface area contributed by atoms with Gasteiger partial charge in [0.15, 0.2) is 0 Å². The van der Waals surface area contributed by atoms with E-state index in [-0.39, 0.29) is 0 Å². The van der Waals surface area contributed by atoms with Gasteiger partial charge in [-0.15, -0.1) is 0 Å². The van der Waals surface area contributed by atoms with Crippen molar-refractivity contribution >= 4 is 5.97 Å². The molecule has 3 rings (SSSR count). The number of fused-ring (bicyclic) bond motifs is 2. The first-order chi connectivity index (χ1) is 5.15. The summed E-state index contributed by atoms with van der Waals surface area (Å²) < 4.78 is 0. The van der Waals surface area contributed by atoms with E-state index in [2.05, 4.69) is 0 Å². The Morgan fingerprint density at radius 2 is 2.27 bits per heavy atom. The van der Waals surface area contributed by atoms with Gasteiger partial charge in [0.05, 0.1) is 0 Å². The summed E-state index contributed by atoms with van der Waals surface area (Å²) in [5.41, 5.74) is -0.469. The number of hydrogen-bond acceptors (Lipinski definition) is 2. The van der Waals surface area contributed by atoms with Gasteiger partial charge in [-0.05, 0) is 38.8 Å². The average molecular weight is 155 g/mol. The second kappa shape index (κ2) is 1.97. The van der Waals surface area contributed by atoms with E-state index < -0.39 is 11.5 Å². The van der Waals surface area contributed by atoms with Crippen molar-refractivity contribution in [1.82, 2.24) is 4.90 Å². The van der Waals surface area contributed by atoms with Gasteiger partial charge in [0, 0.05) is 0 Å². The Kier molecular flexibility index (Phi) is 1.27. The third-order valence-corrected chi connectivity index (χ3v) is 3.25. The molecular formula is C8H13NO2. The van der Waals surface area contributed by atoms with Gasteiger partial charge in [-0.2, -0.15) is 0 Å². The van der Waals surface area contributed by atoms with Gasteiger partial charge < -0.3 is 5.11 Å². The van der Waals surface area contributed by atoms with Crippen LogP contribution >= 0.6 is 0 Å². The molecule has 62 valence electrons. The van der Waals surface area contributed by atoms with Gasteiger partial charge >= 0.3 is 5.97 Å². The van der Waals surface area contributed by atoms with Crippen LogP contribution in [0.4, 0.5) is 0 Å². The standard InChI is InChI=1S/C8H13NO2/c1-9-3-2-6-4-8(9,5-6)7(10)11/h6H,2-5H2,1H3,(H,10,11). The molecule has 3 aliphatic rings. The number of nitrogens with zero attached hydrogens (tertiary/aromatic N) is 1. The lowest BCUT2D eigenvalue weighted by Crippen LogP contribution is -2.65. The number of likely N-dealkylation sites (N-methyl/N-ethyl adjacent to an activating group) is 1. The molecule has 1 saturated carbocycles. The molecule has 11 heavy (non-hydrogen) atoms. The predicted molar refractivity (Wildman–Crippen MR) is 40.3 cm³/mol. The number of carboxylic acids is 1. The summed E-state index contributed by atoms with van der Waals surface area (Å²) in [4.78, 5) is 12.9. The van der Waals surface area contributed by atoms with E-state index in [0.29, 0.717) is 5.92 Å². The molecule has 0 radical (unpaired) electrons. The summed E-state index contributed by atoms with van der Waals surface area (Å²) in [6.45, 7) is 0.955. The highest BCUT2D eigenvalue weighted by atomic mass is 16.4. The normalized spacial score (nSPS) is 43.2. The first kappa shape index (κ1) is 7.10. The SMILES string of the molecule is CN1CCC2CC1(C(=O)O)C2. The van der Waals surface area contributed by atoms with Crippen molar-refractivity contribution in [3.63, 3.8) is 0 Å². The zero-order valence-electron chi connectivity index (χ0n) is 6.71. The maximum atomic E-state index is 10.9. The van der Waals surface area contributed by atoms with E-state index in [1.807, 2.05) is 11.9 Å². The molecule has 0 atom stereocenters. The van der Waals surface area contributed by atoms with Crippen LogP contribution in [0.1, 0.15) is 19.3 Å².